The van der Waals surface area contributed by atoms with Crippen molar-refractivity contribution in [3.8, 4) is 0 Å². The lowest BCUT2D eigenvalue weighted by Crippen LogP contribution is -2.31. The van der Waals surface area contributed by atoms with E-state index in [9.17, 15) is 4.79 Å². The minimum atomic E-state index is 0.0683. The van der Waals surface area contributed by atoms with E-state index in [0.717, 1.165) is 10.0 Å². The van der Waals surface area contributed by atoms with Crippen molar-refractivity contribution in [3.05, 3.63) is 10.2 Å². The maximum atomic E-state index is 11.0. The topological polar surface area (TPSA) is 29.1 Å². The summed E-state index contributed by atoms with van der Waals surface area (Å²) in [5.41, 5.74) is 0. The first kappa shape index (κ1) is 10.9. The predicted molar refractivity (Wildman–Crippen MR) is 55.7 cm³/mol. The summed E-state index contributed by atoms with van der Waals surface area (Å²) < 4.78 is 0.878. The van der Waals surface area contributed by atoms with Crippen molar-refractivity contribution in [1.29, 1.82) is 0 Å². The van der Waals surface area contributed by atoms with Crippen LogP contribution in [0.15, 0.2) is 10.2 Å². The molecule has 0 aliphatic carbocycles. The molecular weight excluding hydrogens is 253 g/mol. The van der Waals surface area contributed by atoms with Gasteiger partial charge < -0.3 is 5.32 Å². The maximum absolute atomic E-state index is 11.0. The number of carbonyl (C=O) groups is 1. The van der Waals surface area contributed by atoms with Gasteiger partial charge >= 0.3 is 0 Å². The lowest BCUT2D eigenvalue weighted by Gasteiger charge is -2.10. The Bertz CT molecular complexity index is 156. The average molecular weight is 267 g/mol. The predicted octanol–water partition coefficient (Wildman–Crippen LogP) is 2.24. The Balaban J connectivity index is 3.60. The van der Waals surface area contributed by atoms with Crippen molar-refractivity contribution in [1.82, 2.24) is 5.32 Å². The fraction of sp³-hybridized carbons (Fsp3) is 0.625. The molecule has 0 fully saturated rings. The summed E-state index contributed by atoms with van der Waals surface area (Å²) in [6.45, 7) is 7.69. The molecule has 1 atom stereocenters. The van der Waals surface area contributed by atoms with Gasteiger partial charge in [0.1, 0.15) is 0 Å². The number of halogens is 1. The van der Waals surface area contributed by atoms with E-state index in [-0.39, 0.29) is 11.9 Å². The van der Waals surface area contributed by atoms with E-state index in [0.29, 0.717) is 6.42 Å². The molecule has 0 heterocycles. The third kappa shape index (κ3) is 6.34. The second kappa shape index (κ2) is 5.57. The van der Waals surface area contributed by atoms with Crippen LogP contribution in [-0.4, -0.2) is 11.9 Å². The zero-order chi connectivity index (χ0) is 8.85. The Kier molecular flexibility index (Phi) is 5.54. The molecule has 0 aromatic rings. The molecule has 0 aromatic heterocycles. The summed E-state index contributed by atoms with van der Waals surface area (Å²) in [6.07, 6.45) is 1.41. The molecule has 0 spiro atoms. The van der Waals surface area contributed by atoms with Crippen molar-refractivity contribution in [2.45, 2.75) is 32.7 Å². The molecule has 0 bridgehead atoms. The molecule has 3 heteroatoms. The van der Waals surface area contributed by atoms with Crippen molar-refractivity contribution in [2.75, 3.05) is 0 Å². The van der Waals surface area contributed by atoms with Crippen LogP contribution in [0.2, 0.25) is 0 Å². The zero-order valence-corrected chi connectivity index (χ0v) is 9.14. The van der Waals surface area contributed by atoms with Crippen LogP contribution in [0, 0.1) is 0 Å². The van der Waals surface area contributed by atoms with Gasteiger partial charge in [-0.15, -0.1) is 0 Å². The fourth-order valence-electron chi connectivity index (χ4n) is 0.602. The van der Waals surface area contributed by atoms with E-state index in [4.69, 9.17) is 0 Å². The molecule has 0 rings (SSSR count). The fourth-order valence-corrected chi connectivity index (χ4v) is 0.949. The first-order valence-corrected chi connectivity index (χ1v) is 4.76. The minimum Gasteiger partial charge on any atom is -0.353 e. The van der Waals surface area contributed by atoms with Gasteiger partial charge in [-0.2, -0.15) is 0 Å². The second-order valence-corrected chi connectivity index (χ2v) is 4.10. The third-order valence-corrected chi connectivity index (χ3v) is 1.75. The minimum absolute atomic E-state index is 0.0683. The van der Waals surface area contributed by atoms with Crippen LogP contribution in [0.25, 0.3) is 0 Å². The largest absolute Gasteiger partial charge is 0.353 e. The Hall–Kier alpha value is -0.0600. The Morgan fingerprint density at radius 3 is 2.64 bits per heavy atom. The van der Waals surface area contributed by atoms with Crippen molar-refractivity contribution in [3.63, 3.8) is 0 Å². The molecule has 64 valence electrons. The molecule has 2 nitrogen and oxygen atoms in total. The van der Waals surface area contributed by atoms with Crippen molar-refractivity contribution in [2.24, 2.45) is 0 Å². The monoisotopic (exact) mass is 267 g/mol. The highest BCUT2D eigenvalue weighted by molar-refractivity contribution is 14.1. The highest BCUT2D eigenvalue weighted by atomic mass is 127. The Labute approximate surface area is 81.6 Å². The third-order valence-electron chi connectivity index (χ3n) is 1.37. The van der Waals surface area contributed by atoms with Gasteiger partial charge in [0.2, 0.25) is 5.91 Å². The van der Waals surface area contributed by atoms with Crippen molar-refractivity contribution >= 4 is 28.5 Å². The summed E-state index contributed by atoms with van der Waals surface area (Å²) in [4.78, 5) is 11.0. The van der Waals surface area contributed by atoms with Crippen LogP contribution in [0.3, 0.4) is 0 Å². The first-order valence-electron chi connectivity index (χ1n) is 3.69. The van der Waals surface area contributed by atoms with E-state index in [1.165, 1.54) is 0 Å². The van der Waals surface area contributed by atoms with E-state index in [1.54, 1.807) is 0 Å². The van der Waals surface area contributed by atoms with Gasteiger partial charge in [0.15, 0.2) is 0 Å². The van der Waals surface area contributed by atoms with E-state index in [1.807, 2.05) is 13.8 Å². The summed E-state index contributed by atoms with van der Waals surface area (Å²) in [7, 11) is 0. The van der Waals surface area contributed by atoms with Crippen LogP contribution >= 0.6 is 22.6 Å². The smallest absolute Gasteiger partial charge is 0.225 e. The van der Waals surface area contributed by atoms with Gasteiger partial charge in [0.25, 0.3) is 0 Å². The number of rotatable bonds is 4. The zero-order valence-electron chi connectivity index (χ0n) is 6.98. The Morgan fingerprint density at radius 2 is 2.27 bits per heavy atom. The summed E-state index contributed by atoms with van der Waals surface area (Å²) in [5, 5.41) is 2.86. The van der Waals surface area contributed by atoms with E-state index >= 15 is 0 Å². The van der Waals surface area contributed by atoms with Gasteiger partial charge in [-0.3, -0.25) is 4.79 Å². The number of nitrogens with one attached hydrogen (secondary N) is 1. The molecule has 11 heavy (non-hydrogen) atoms. The van der Waals surface area contributed by atoms with Crippen LogP contribution in [0.1, 0.15) is 26.7 Å². The number of amides is 1. The van der Waals surface area contributed by atoms with Crippen LogP contribution in [0.4, 0.5) is 0 Å². The molecule has 0 radical (unpaired) electrons. The maximum Gasteiger partial charge on any atom is 0.225 e. The van der Waals surface area contributed by atoms with E-state index < -0.39 is 0 Å². The lowest BCUT2D eigenvalue weighted by atomic mass is 10.2. The van der Waals surface area contributed by atoms with Crippen LogP contribution in [0.5, 0.6) is 0 Å². The highest BCUT2D eigenvalue weighted by Gasteiger charge is 2.04. The molecule has 0 saturated carbocycles. The van der Waals surface area contributed by atoms with Crippen molar-refractivity contribution < 1.29 is 4.79 Å². The van der Waals surface area contributed by atoms with Crippen LogP contribution in [-0.2, 0) is 4.79 Å². The normalized spacial score (nSPS) is 12.3. The number of hydrogen-bond donors (Lipinski definition) is 1. The SMILES string of the molecule is C=C(I)CC(=O)NC(C)CC. The summed E-state index contributed by atoms with van der Waals surface area (Å²) in [6, 6.07) is 0.276. The summed E-state index contributed by atoms with van der Waals surface area (Å²) in [5.74, 6) is 0.0683. The molecule has 1 unspecified atom stereocenters. The lowest BCUT2D eigenvalue weighted by molar-refractivity contribution is -0.120. The Morgan fingerprint density at radius 1 is 1.73 bits per heavy atom. The average Bonchev–Trinajstić information content (AvgIpc) is 1.85. The number of carbonyl (C=O) groups excluding carboxylic acids is 1. The van der Waals surface area contributed by atoms with Gasteiger partial charge in [-0.1, -0.05) is 13.5 Å². The second-order valence-electron chi connectivity index (χ2n) is 2.57. The standard InChI is InChI=1S/C8H14INO/c1-4-7(3)10-8(11)5-6(2)9/h7H,2,4-5H2,1,3H3,(H,10,11). The molecule has 0 aromatic carbocycles. The molecule has 0 saturated heterocycles. The van der Waals surface area contributed by atoms with Gasteiger partial charge in [-0.05, 0) is 39.5 Å². The highest BCUT2D eigenvalue weighted by Crippen LogP contribution is 2.06. The van der Waals surface area contributed by atoms with Crippen LogP contribution < -0.4 is 5.32 Å². The molecule has 1 N–H and O–H groups in total. The summed E-state index contributed by atoms with van der Waals surface area (Å²) >= 11 is 2.06. The molecule has 1 amide bonds. The molecule has 0 aliphatic rings. The molecule has 0 aliphatic heterocycles. The van der Waals surface area contributed by atoms with Gasteiger partial charge in [0, 0.05) is 6.04 Å². The van der Waals surface area contributed by atoms with Gasteiger partial charge in [-0.25, -0.2) is 0 Å². The van der Waals surface area contributed by atoms with Gasteiger partial charge in [0.05, 0.1) is 6.42 Å². The quantitative estimate of drug-likeness (QED) is 0.777. The van der Waals surface area contributed by atoms with E-state index in [2.05, 4.69) is 34.5 Å². The number of hydrogen-bond acceptors (Lipinski definition) is 1. The first-order chi connectivity index (χ1) is 5.06. The molecular formula is C8H14INO.